The molecular formula is C21H27N3O3. The number of rotatable bonds is 2. The van der Waals surface area contributed by atoms with E-state index in [0.29, 0.717) is 11.6 Å². The number of amides is 3. The minimum Gasteiger partial charge on any atom is -0.324 e. The summed E-state index contributed by atoms with van der Waals surface area (Å²) in [5, 5.41) is 6.38. The largest absolute Gasteiger partial charge is 0.324 e. The van der Waals surface area contributed by atoms with Gasteiger partial charge in [-0.15, -0.1) is 0 Å². The van der Waals surface area contributed by atoms with Crippen LogP contribution in [0, 0.1) is 17.8 Å². The summed E-state index contributed by atoms with van der Waals surface area (Å²) in [4.78, 5) is 41.4. The lowest BCUT2D eigenvalue weighted by molar-refractivity contribution is -0.147. The molecule has 4 rings (SSSR count). The van der Waals surface area contributed by atoms with Gasteiger partial charge in [0, 0.05) is 22.8 Å². The Bertz CT molecular complexity index is 841. The molecule has 27 heavy (non-hydrogen) atoms. The Morgan fingerprint density at radius 1 is 1.11 bits per heavy atom. The van der Waals surface area contributed by atoms with Gasteiger partial charge in [0.1, 0.15) is 5.54 Å². The van der Waals surface area contributed by atoms with E-state index < -0.39 is 22.9 Å². The average Bonchev–Trinajstić information content (AvgIpc) is 3.12. The first kappa shape index (κ1) is 18.2. The van der Waals surface area contributed by atoms with Crippen molar-refractivity contribution in [2.75, 3.05) is 5.32 Å². The normalized spacial score (nSPS) is 32.4. The molecule has 1 spiro atoms. The second kappa shape index (κ2) is 5.64. The van der Waals surface area contributed by atoms with Crippen LogP contribution < -0.4 is 10.6 Å². The van der Waals surface area contributed by atoms with Gasteiger partial charge in [0.25, 0.3) is 0 Å². The number of imide groups is 1. The van der Waals surface area contributed by atoms with Crippen molar-refractivity contribution in [3.8, 4) is 0 Å². The van der Waals surface area contributed by atoms with Crippen molar-refractivity contribution in [3.63, 3.8) is 0 Å². The third-order valence-electron chi connectivity index (χ3n) is 6.02. The number of likely N-dealkylation sites (tertiary alicyclic amines) is 1. The van der Waals surface area contributed by atoms with Crippen LogP contribution in [0.25, 0.3) is 0 Å². The first-order valence-electron chi connectivity index (χ1n) is 9.65. The van der Waals surface area contributed by atoms with Gasteiger partial charge in [-0.25, -0.2) is 0 Å². The lowest BCUT2D eigenvalue weighted by atomic mass is 9.76. The van der Waals surface area contributed by atoms with Crippen molar-refractivity contribution in [1.29, 1.82) is 0 Å². The molecule has 0 aliphatic carbocycles. The fraction of sp³-hybridized carbons (Fsp3) is 0.571. The Kier molecular flexibility index (Phi) is 3.80. The van der Waals surface area contributed by atoms with Gasteiger partial charge < -0.3 is 5.32 Å². The Labute approximate surface area is 159 Å². The molecule has 2 saturated heterocycles. The molecule has 0 saturated carbocycles. The van der Waals surface area contributed by atoms with Crippen LogP contribution in [-0.4, -0.2) is 34.2 Å². The Balaban J connectivity index is 1.89. The maximum atomic E-state index is 13.5. The zero-order valence-electron chi connectivity index (χ0n) is 16.5. The number of benzene rings is 1. The van der Waals surface area contributed by atoms with E-state index in [9.17, 15) is 14.4 Å². The summed E-state index contributed by atoms with van der Waals surface area (Å²) in [7, 11) is 0. The molecule has 2 fully saturated rings. The van der Waals surface area contributed by atoms with Gasteiger partial charge in [-0.05, 0) is 39.2 Å². The summed E-state index contributed by atoms with van der Waals surface area (Å²) in [6.07, 6.45) is 0.732. The highest BCUT2D eigenvalue weighted by molar-refractivity contribution is 6.15. The summed E-state index contributed by atoms with van der Waals surface area (Å²) in [6.45, 7) is 9.78. The number of hydrogen-bond acceptors (Lipinski definition) is 4. The quantitative estimate of drug-likeness (QED) is 0.784. The molecular weight excluding hydrogens is 342 g/mol. The van der Waals surface area contributed by atoms with E-state index in [0.717, 1.165) is 12.0 Å². The lowest BCUT2D eigenvalue weighted by Crippen LogP contribution is -2.55. The molecule has 2 unspecified atom stereocenters. The first-order valence-corrected chi connectivity index (χ1v) is 9.65. The topological polar surface area (TPSA) is 78.5 Å². The molecule has 3 aliphatic heterocycles. The van der Waals surface area contributed by atoms with E-state index >= 15 is 0 Å². The monoisotopic (exact) mass is 369 g/mol. The first-order chi connectivity index (χ1) is 12.6. The number of anilines is 1. The van der Waals surface area contributed by atoms with Crippen LogP contribution in [0.1, 0.15) is 46.6 Å². The number of nitrogens with zero attached hydrogens (tertiary/aromatic N) is 1. The van der Waals surface area contributed by atoms with Crippen LogP contribution in [0.5, 0.6) is 0 Å². The van der Waals surface area contributed by atoms with E-state index in [1.807, 2.05) is 45.0 Å². The fourth-order valence-electron chi connectivity index (χ4n) is 5.13. The second-order valence-electron chi connectivity index (χ2n) is 9.37. The van der Waals surface area contributed by atoms with Crippen molar-refractivity contribution < 1.29 is 14.4 Å². The minimum atomic E-state index is -1.17. The van der Waals surface area contributed by atoms with Crippen molar-refractivity contribution in [3.05, 3.63) is 29.8 Å². The minimum absolute atomic E-state index is 0.162. The highest BCUT2D eigenvalue weighted by atomic mass is 16.2. The third-order valence-corrected chi connectivity index (χ3v) is 6.02. The molecule has 2 N–H and O–H groups in total. The smallest absolute Gasteiger partial charge is 0.250 e. The average molecular weight is 369 g/mol. The van der Waals surface area contributed by atoms with E-state index in [1.165, 1.54) is 4.90 Å². The van der Waals surface area contributed by atoms with Gasteiger partial charge in [0.05, 0.1) is 11.8 Å². The van der Waals surface area contributed by atoms with Gasteiger partial charge in [0.2, 0.25) is 17.7 Å². The van der Waals surface area contributed by atoms with Crippen LogP contribution in [0.3, 0.4) is 0 Å². The highest BCUT2D eigenvalue weighted by Crippen LogP contribution is 2.54. The molecule has 1 aromatic carbocycles. The summed E-state index contributed by atoms with van der Waals surface area (Å²) in [5.41, 5.74) is -0.300. The number of carbonyl (C=O) groups excluding carboxylic acids is 3. The lowest BCUT2D eigenvalue weighted by Gasteiger charge is -2.34. The van der Waals surface area contributed by atoms with Crippen LogP contribution in [0.2, 0.25) is 0 Å². The van der Waals surface area contributed by atoms with Crippen molar-refractivity contribution in [2.24, 2.45) is 17.8 Å². The van der Waals surface area contributed by atoms with Gasteiger partial charge in [-0.3, -0.25) is 24.6 Å². The highest BCUT2D eigenvalue weighted by Gasteiger charge is 2.71. The molecule has 6 nitrogen and oxygen atoms in total. The summed E-state index contributed by atoms with van der Waals surface area (Å²) in [6, 6.07) is 7.25. The van der Waals surface area contributed by atoms with E-state index in [1.54, 1.807) is 0 Å². The van der Waals surface area contributed by atoms with E-state index in [-0.39, 0.29) is 23.8 Å². The number of fused-ring (bicyclic) bond motifs is 4. The van der Waals surface area contributed by atoms with Crippen molar-refractivity contribution in [2.45, 2.75) is 58.2 Å². The molecule has 0 bridgehead atoms. The van der Waals surface area contributed by atoms with Gasteiger partial charge in [0.15, 0.2) is 0 Å². The zero-order valence-corrected chi connectivity index (χ0v) is 16.5. The molecule has 1 aromatic rings. The molecule has 0 radical (unpaired) electrons. The molecule has 144 valence electrons. The standard InChI is InChI=1S/C21H27N3O3/c1-11(2)10-14-15-16(18(26)24(17(15)25)20(3,4)5)21(23-14)12-8-6-7-9-13(12)22-19(21)27/h6-9,11,14-16,23H,10H2,1-5H3,(H,22,27)/t14?,15-,16+,21?/m1/s1. The maximum Gasteiger partial charge on any atom is 0.250 e. The van der Waals surface area contributed by atoms with Gasteiger partial charge in [-0.2, -0.15) is 0 Å². The van der Waals surface area contributed by atoms with Crippen molar-refractivity contribution in [1.82, 2.24) is 10.2 Å². The molecule has 3 heterocycles. The molecule has 6 heteroatoms. The molecule has 0 aromatic heterocycles. The predicted molar refractivity (Wildman–Crippen MR) is 102 cm³/mol. The molecule has 3 aliphatic rings. The summed E-state index contributed by atoms with van der Waals surface area (Å²) in [5.74, 6) is -1.54. The fourth-order valence-corrected chi connectivity index (χ4v) is 5.13. The number of carbonyl (C=O) groups is 3. The maximum absolute atomic E-state index is 13.5. The van der Waals surface area contributed by atoms with Gasteiger partial charge >= 0.3 is 0 Å². The second-order valence-corrected chi connectivity index (χ2v) is 9.37. The SMILES string of the molecule is CC(C)CC1NC2(C(=O)Nc3ccccc32)[C@@H]2C(=O)N(C(C)(C)C)C(=O)[C@H]12. The van der Waals surface area contributed by atoms with E-state index in [2.05, 4.69) is 24.5 Å². The Morgan fingerprint density at radius 3 is 2.41 bits per heavy atom. The number of nitrogens with one attached hydrogen (secondary N) is 2. The Hall–Kier alpha value is -2.21. The van der Waals surface area contributed by atoms with Crippen LogP contribution in [0.15, 0.2) is 24.3 Å². The van der Waals surface area contributed by atoms with Crippen LogP contribution in [0.4, 0.5) is 5.69 Å². The van der Waals surface area contributed by atoms with Crippen molar-refractivity contribution >= 4 is 23.4 Å². The third kappa shape index (κ3) is 2.32. The summed E-state index contributed by atoms with van der Waals surface area (Å²) >= 11 is 0. The zero-order chi connectivity index (χ0) is 19.7. The van der Waals surface area contributed by atoms with Gasteiger partial charge in [-0.1, -0.05) is 32.0 Å². The van der Waals surface area contributed by atoms with Crippen LogP contribution in [-0.2, 0) is 19.9 Å². The number of para-hydroxylation sites is 1. The Morgan fingerprint density at radius 2 is 1.78 bits per heavy atom. The number of hydrogen-bond donors (Lipinski definition) is 2. The predicted octanol–water partition coefficient (Wildman–Crippen LogP) is 2.25. The molecule has 3 amide bonds. The molecule has 4 atom stereocenters. The summed E-state index contributed by atoms with van der Waals surface area (Å²) < 4.78 is 0. The van der Waals surface area contributed by atoms with E-state index in [4.69, 9.17) is 0 Å². The van der Waals surface area contributed by atoms with Crippen LogP contribution >= 0.6 is 0 Å².